The fraction of sp³-hybridized carbons (Fsp3) is 0.0556. The van der Waals surface area contributed by atoms with E-state index in [0.29, 0.717) is 28.8 Å². The summed E-state index contributed by atoms with van der Waals surface area (Å²) in [4.78, 5) is 24.3. The average Bonchev–Trinajstić information content (AvgIpc) is 2.61. The van der Waals surface area contributed by atoms with Gasteiger partial charge >= 0.3 is 0 Å². The molecule has 0 aliphatic carbocycles. The van der Waals surface area contributed by atoms with E-state index in [-0.39, 0.29) is 11.3 Å². The van der Waals surface area contributed by atoms with Gasteiger partial charge in [-0.25, -0.2) is 5.10 Å². The Bertz CT molecular complexity index is 963. The largest absolute Gasteiger partial charge is 0.489 e. The third-order valence-corrected chi connectivity index (χ3v) is 3.37. The van der Waals surface area contributed by atoms with Crippen molar-refractivity contribution in [2.75, 3.05) is 11.9 Å². The molecular weight excluding hydrogens is 306 g/mol. The van der Waals surface area contributed by atoms with Crippen LogP contribution >= 0.6 is 0 Å². The summed E-state index contributed by atoms with van der Waals surface area (Å²) in [6, 6.07) is 13.8. The summed E-state index contributed by atoms with van der Waals surface area (Å²) in [5.41, 5.74) is 0.392. The Hall–Kier alpha value is -3.41. The number of hydrogen-bond donors (Lipinski definition) is 2. The Balaban J connectivity index is 1.90. The molecule has 24 heavy (non-hydrogen) atoms. The first kappa shape index (κ1) is 15.5. The van der Waals surface area contributed by atoms with Crippen molar-refractivity contribution in [2.45, 2.75) is 0 Å². The van der Waals surface area contributed by atoms with Crippen molar-refractivity contribution in [1.82, 2.24) is 10.2 Å². The number of H-pyrrole nitrogens is 1. The summed E-state index contributed by atoms with van der Waals surface area (Å²) in [6.45, 7) is 3.97. The molecule has 0 aliphatic heterocycles. The van der Waals surface area contributed by atoms with Crippen LogP contribution in [0.25, 0.3) is 10.8 Å². The van der Waals surface area contributed by atoms with Crippen molar-refractivity contribution >= 4 is 22.4 Å². The second-order valence-electron chi connectivity index (χ2n) is 5.03. The third kappa shape index (κ3) is 3.17. The van der Waals surface area contributed by atoms with Crippen LogP contribution in [-0.4, -0.2) is 22.7 Å². The zero-order valence-corrected chi connectivity index (χ0v) is 12.8. The predicted molar refractivity (Wildman–Crippen MR) is 92.5 cm³/mol. The number of hydrogen-bond acceptors (Lipinski definition) is 4. The van der Waals surface area contributed by atoms with Crippen LogP contribution in [0.1, 0.15) is 10.5 Å². The molecule has 0 fully saturated rings. The smallest absolute Gasteiger partial charge is 0.276 e. The minimum atomic E-state index is -0.414. The lowest BCUT2D eigenvalue weighted by atomic mass is 10.1. The zero-order valence-electron chi connectivity index (χ0n) is 12.8. The lowest BCUT2D eigenvalue weighted by Crippen LogP contribution is -2.19. The third-order valence-electron chi connectivity index (χ3n) is 3.37. The fourth-order valence-corrected chi connectivity index (χ4v) is 2.30. The molecule has 3 rings (SSSR count). The normalized spacial score (nSPS) is 10.3. The van der Waals surface area contributed by atoms with Gasteiger partial charge < -0.3 is 10.1 Å². The summed E-state index contributed by atoms with van der Waals surface area (Å²) < 4.78 is 5.44. The van der Waals surface area contributed by atoms with E-state index in [2.05, 4.69) is 22.1 Å². The Morgan fingerprint density at radius 2 is 2.00 bits per heavy atom. The number of carbonyl (C=O) groups excluding carboxylic acids is 1. The molecule has 0 bridgehead atoms. The van der Waals surface area contributed by atoms with Crippen LogP contribution in [-0.2, 0) is 0 Å². The van der Waals surface area contributed by atoms with E-state index in [0.717, 1.165) is 0 Å². The summed E-state index contributed by atoms with van der Waals surface area (Å²) in [6.07, 6.45) is 1.64. The number of rotatable bonds is 5. The van der Waals surface area contributed by atoms with Crippen LogP contribution in [0, 0.1) is 0 Å². The van der Waals surface area contributed by atoms with E-state index in [4.69, 9.17) is 4.74 Å². The van der Waals surface area contributed by atoms with Gasteiger partial charge in [-0.3, -0.25) is 9.59 Å². The average molecular weight is 321 g/mol. The Morgan fingerprint density at radius 3 is 2.79 bits per heavy atom. The van der Waals surface area contributed by atoms with Crippen molar-refractivity contribution in [3.63, 3.8) is 0 Å². The van der Waals surface area contributed by atoms with Crippen molar-refractivity contribution in [3.05, 3.63) is 77.2 Å². The van der Waals surface area contributed by atoms with Gasteiger partial charge in [-0.2, -0.15) is 5.10 Å². The summed E-state index contributed by atoms with van der Waals surface area (Å²) >= 11 is 0. The van der Waals surface area contributed by atoms with Gasteiger partial charge in [0, 0.05) is 17.1 Å². The maximum Gasteiger partial charge on any atom is 0.276 e. The molecule has 120 valence electrons. The second-order valence-corrected chi connectivity index (χ2v) is 5.03. The molecule has 6 nitrogen and oxygen atoms in total. The molecule has 1 amide bonds. The Labute approximate surface area is 137 Å². The van der Waals surface area contributed by atoms with Gasteiger partial charge in [-0.05, 0) is 18.2 Å². The number of fused-ring (bicyclic) bond motifs is 1. The van der Waals surface area contributed by atoms with Gasteiger partial charge in [0.25, 0.3) is 11.5 Å². The highest BCUT2D eigenvalue weighted by Gasteiger charge is 2.14. The molecule has 3 aromatic rings. The molecule has 1 heterocycles. The van der Waals surface area contributed by atoms with Crippen molar-refractivity contribution in [1.29, 1.82) is 0 Å². The van der Waals surface area contributed by atoms with Gasteiger partial charge in [0.15, 0.2) is 5.69 Å². The number of aromatic nitrogens is 2. The van der Waals surface area contributed by atoms with Crippen LogP contribution in [0.3, 0.4) is 0 Å². The molecule has 0 unspecified atom stereocenters. The van der Waals surface area contributed by atoms with E-state index in [1.54, 1.807) is 54.6 Å². The Kier molecular flexibility index (Phi) is 4.38. The van der Waals surface area contributed by atoms with Crippen LogP contribution < -0.4 is 15.6 Å². The Morgan fingerprint density at radius 1 is 1.21 bits per heavy atom. The number of nitrogens with one attached hydrogen (secondary N) is 2. The first-order valence-corrected chi connectivity index (χ1v) is 7.31. The van der Waals surface area contributed by atoms with Crippen molar-refractivity contribution in [3.8, 4) is 5.75 Å². The molecule has 0 aliphatic rings. The number of amides is 1. The monoisotopic (exact) mass is 321 g/mol. The van der Waals surface area contributed by atoms with Crippen molar-refractivity contribution in [2.24, 2.45) is 0 Å². The molecule has 1 aromatic heterocycles. The minimum absolute atomic E-state index is 0.155. The lowest BCUT2D eigenvalue weighted by molar-refractivity contribution is 0.102. The summed E-state index contributed by atoms with van der Waals surface area (Å²) in [5.74, 6) is 0.204. The SMILES string of the molecule is C=CCOc1cccc(NC(=O)c2n[nH]c(=O)c3ccccc23)c1. The van der Waals surface area contributed by atoms with Crippen LogP contribution in [0.2, 0.25) is 0 Å². The number of ether oxygens (including phenoxy) is 1. The first-order chi connectivity index (χ1) is 11.7. The van der Waals surface area contributed by atoms with Gasteiger partial charge in [-0.1, -0.05) is 36.9 Å². The van der Waals surface area contributed by atoms with Gasteiger partial charge in [0.1, 0.15) is 12.4 Å². The fourth-order valence-electron chi connectivity index (χ4n) is 2.30. The molecule has 0 saturated heterocycles. The molecular formula is C18H15N3O3. The molecule has 6 heteroatoms. The number of carbonyl (C=O) groups is 1. The minimum Gasteiger partial charge on any atom is -0.489 e. The standard InChI is InChI=1S/C18H15N3O3/c1-2-10-24-13-7-5-6-12(11-13)19-18(23)16-14-8-3-4-9-15(14)17(22)21-20-16/h2-9,11H,1,10H2,(H,19,23)(H,21,22). The van der Waals surface area contributed by atoms with Crippen LogP contribution in [0.15, 0.2) is 66.0 Å². The lowest BCUT2D eigenvalue weighted by Gasteiger charge is -2.09. The number of anilines is 1. The number of aromatic amines is 1. The molecule has 0 spiro atoms. The summed E-state index contributed by atoms with van der Waals surface area (Å²) in [5, 5.41) is 9.90. The molecule has 2 N–H and O–H groups in total. The first-order valence-electron chi connectivity index (χ1n) is 7.31. The molecule has 0 radical (unpaired) electrons. The maximum atomic E-state index is 12.5. The van der Waals surface area contributed by atoms with Gasteiger partial charge in [-0.15, -0.1) is 0 Å². The van der Waals surface area contributed by atoms with E-state index in [9.17, 15) is 9.59 Å². The van der Waals surface area contributed by atoms with E-state index >= 15 is 0 Å². The maximum absolute atomic E-state index is 12.5. The predicted octanol–water partition coefficient (Wildman–Crippen LogP) is 2.74. The second kappa shape index (κ2) is 6.78. The van der Waals surface area contributed by atoms with Crippen molar-refractivity contribution < 1.29 is 9.53 Å². The van der Waals surface area contributed by atoms with Gasteiger partial charge in [0.2, 0.25) is 0 Å². The molecule has 0 atom stereocenters. The topological polar surface area (TPSA) is 84.1 Å². The highest BCUT2D eigenvalue weighted by molar-refractivity contribution is 6.11. The number of benzene rings is 2. The van der Waals surface area contributed by atoms with E-state index in [1.165, 1.54) is 0 Å². The van der Waals surface area contributed by atoms with Crippen LogP contribution in [0.5, 0.6) is 5.75 Å². The van der Waals surface area contributed by atoms with E-state index < -0.39 is 5.91 Å². The highest BCUT2D eigenvalue weighted by Crippen LogP contribution is 2.19. The molecule has 0 saturated carbocycles. The summed E-state index contributed by atoms with van der Waals surface area (Å²) in [7, 11) is 0. The van der Waals surface area contributed by atoms with Gasteiger partial charge in [0.05, 0.1) is 5.39 Å². The molecule has 2 aromatic carbocycles. The van der Waals surface area contributed by atoms with E-state index in [1.807, 2.05) is 0 Å². The quantitative estimate of drug-likeness (QED) is 0.708. The van der Waals surface area contributed by atoms with Crippen LogP contribution in [0.4, 0.5) is 5.69 Å². The number of nitrogens with zero attached hydrogens (tertiary/aromatic N) is 1. The highest BCUT2D eigenvalue weighted by atomic mass is 16.5. The zero-order chi connectivity index (χ0) is 16.9.